The topological polar surface area (TPSA) is 117 Å². The van der Waals surface area contributed by atoms with Gasteiger partial charge in [-0.15, -0.1) is 0 Å². The maximum absolute atomic E-state index is 10.6. The molecule has 0 aliphatic rings. The third-order valence-electron chi connectivity index (χ3n) is 2.08. The number of nitrogens with one attached hydrogen (secondary N) is 1. The minimum Gasteiger partial charge on any atom is -0.369 e. The number of aliphatic imine (C=N–C) groups is 1. The third-order valence-corrected chi connectivity index (χ3v) is 2.08. The van der Waals surface area contributed by atoms with Crippen molar-refractivity contribution in [1.82, 2.24) is 5.32 Å². The summed E-state index contributed by atoms with van der Waals surface area (Å²) in [5.41, 5.74) is 12.4. The molecule has 0 fully saturated rings. The molecule has 0 unspecified atom stereocenters. The number of primary amides is 1. The number of benzene rings is 1. The van der Waals surface area contributed by atoms with E-state index in [0.29, 0.717) is 17.7 Å². The summed E-state index contributed by atoms with van der Waals surface area (Å²) in [5, 5.41) is 10.9. The van der Waals surface area contributed by atoms with Crippen molar-refractivity contribution >= 4 is 17.7 Å². The molecule has 0 atom stereocenters. The van der Waals surface area contributed by atoms with Gasteiger partial charge in [0.15, 0.2) is 0 Å². The average molecular weight is 231 g/mol. The van der Waals surface area contributed by atoms with Crippen molar-refractivity contribution in [2.24, 2.45) is 16.5 Å². The van der Waals surface area contributed by atoms with Crippen molar-refractivity contribution in [3.63, 3.8) is 0 Å². The minimum atomic E-state index is -0.766. The molecule has 88 valence electrons. The molecule has 1 aromatic carbocycles. The van der Waals surface area contributed by atoms with E-state index in [2.05, 4.69) is 10.3 Å². The van der Waals surface area contributed by atoms with Crippen molar-refractivity contribution in [3.05, 3.63) is 29.3 Å². The number of amides is 2. The number of carbonyl (C=O) groups is 1. The van der Waals surface area contributed by atoms with Crippen LogP contribution in [0.5, 0.6) is 0 Å². The normalized spacial score (nSPS) is 10.7. The van der Waals surface area contributed by atoms with Crippen molar-refractivity contribution in [2.45, 2.75) is 13.3 Å². The summed E-state index contributed by atoms with van der Waals surface area (Å²) in [5.74, 6) is -0.0723. The van der Waals surface area contributed by atoms with Crippen LogP contribution in [0.4, 0.5) is 10.5 Å². The van der Waals surface area contributed by atoms with Crippen LogP contribution in [0.3, 0.4) is 0 Å². The number of aryl methyl sites for hydroxylation is 1. The molecule has 0 saturated carbocycles. The Kier molecular flexibility index (Phi) is 4.06. The van der Waals surface area contributed by atoms with E-state index in [9.17, 15) is 4.79 Å². The van der Waals surface area contributed by atoms with Crippen LogP contribution in [-0.4, -0.2) is 12.0 Å². The molecule has 6 nitrogen and oxygen atoms in total. The van der Waals surface area contributed by atoms with Gasteiger partial charge >= 0.3 is 6.03 Å². The Hall–Kier alpha value is -2.55. The first-order valence-corrected chi connectivity index (χ1v) is 5.00. The molecule has 17 heavy (non-hydrogen) atoms. The molecular weight excluding hydrogens is 218 g/mol. The maximum atomic E-state index is 10.6. The second kappa shape index (κ2) is 5.51. The van der Waals surface area contributed by atoms with Gasteiger partial charge in [0.05, 0.1) is 17.3 Å². The largest absolute Gasteiger partial charge is 0.369 e. The van der Waals surface area contributed by atoms with Crippen LogP contribution in [0.15, 0.2) is 23.2 Å². The van der Waals surface area contributed by atoms with Gasteiger partial charge in [0.25, 0.3) is 0 Å². The van der Waals surface area contributed by atoms with Gasteiger partial charge in [-0.2, -0.15) is 5.26 Å². The molecule has 0 aromatic heterocycles. The van der Waals surface area contributed by atoms with Crippen molar-refractivity contribution in [2.75, 3.05) is 0 Å². The number of hydrogen-bond donors (Lipinski definition) is 3. The zero-order valence-corrected chi connectivity index (χ0v) is 9.40. The molecule has 2 amide bonds. The number of nitriles is 1. The molecule has 0 spiro atoms. The van der Waals surface area contributed by atoms with Crippen molar-refractivity contribution in [1.29, 1.82) is 5.26 Å². The maximum Gasteiger partial charge on any atom is 0.318 e. The lowest BCUT2D eigenvalue weighted by Gasteiger charge is -2.05. The summed E-state index contributed by atoms with van der Waals surface area (Å²) < 4.78 is 0. The van der Waals surface area contributed by atoms with Gasteiger partial charge in [0.2, 0.25) is 5.96 Å². The SMILES string of the molecule is CCc1cc(C#N)ccc1N=C(N)NC(N)=O. The van der Waals surface area contributed by atoms with Gasteiger partial charge in [-0.3, -0.25) is 5.32 Å². The van der Waals surface area contributed by atoms with E-state index >= 15 is 0 Å². The van der Waals surface area contributed by atoms with E-state index in [1.807, 2.05) is 13.0 Å². The molecule has 5 N–H and O–H groups in total. The van der Waals surface area contributed by atoms with Crippen LogP contribution in [-0.2, 0) is 6.42 Å². The first-order valence-electron chi connectivity index (χ1n) is 5.00. The van der Waals surface area contributed by atoms with Gasteiger partial charge in [-0.25, -0.2) is 9.79 Å². The van der Waals surface area contributed by atoms with Gasteiger partial charge in [-0.1, -0.05) is 6.92 Å². The number of hydrogen-bond acceptors (Lipinski definition) is 3. The highest BCUT2D eigenvalue weighted by Crippen LogP contribution is 2.20. The predicted molar refractivity (Wildman–Crippen MR) is 64.5 cm³/mol. The Bertz CT molecular complexity index is 501. The molecule has 1 rings (SSSR count). The van der Waals surface area contributed by atoms with Crippen LogP contribution in [0.2, 0.25) is 0 Å². The Balaban J connectivity index is 3.06. The second-order valence-corrected chi connectivity index (χ2v) is 3.30. The van der Waals surface area contributed by atoms with E-state index in [0.717, 1.165) is 5.56 Å². The Morgan fingerprint density at radius 2 is 2.24 bits per heavy atom. The van der Waals surface area contributed by atoms with E-state index in [1.54, 1.807) is 18.2 Å². The molecule has 0 heterocycles. The fraction of sp³-hybridized carbons (Fsp3) is 0.182. The number of rotatable bonds is 2. The molecule has 1 aromatic rings. The lowest BCUT2D eigenvalue weighted by molar-refractivity contribution is 0.253. The molecular formula is C11H13N5O. The first kappa shape index (κ1) is 12.5. The van der Waals surface area contributed by atoms with Crippen molar-refractivity contribution in [3.8, 4) is 6.07 Å². The van der Waals surface area contributed by atoms with Gasteiger partial charge in [-0.05, 0) is 30.2 Å². The Morgan fingerprint density at radius 1 is 1.53 bits per heavy atom. The number of nitrogens with two attached hydrogens (primary N) is 2. The summed E-state index contributed by atoms with van der Waals surface area (Å²) >= 11 is 0. The fourth-order valence-electron chi connectivity index (χ4n) is 1.33. The van der Waals surface area contributed by atoms with Crippen molar-refractivity contribution < 1.29 is 4.79 Å². The fourth-order valence-corrected chi connectivity index (χ4v) is 1.33. The lowest BCUT2D eigenvalue weighted by Crippen LogP contribution is -2.39. The zero-order valence-electron chi connectivity index (χ0n) is 9.40. The summed E-state index contributed by atoms with van der Waals surface area (Å²) in [6.07, 6.45) is 0.707. The summed E-state index contributed by atoms with van der Waals surface area (Å²) in [6, 6.07) is 6.32. The number of carbonyl (C=O) groups excluding carboxylic acids is 1. The van der Waals surface area contributed by atoms with Crippen LogP contribution in [0.25, 0.3) is 0 Å². The molecule has 0 saturated heterocycles. The predicted octanol–water partition coefficient (Wildman–Crippen LogP) is 0.735. The minimum absolute atomic E-state index is 0.0723. The zero-order chi connectivity index (χ0) is 12.8. The van der Waals surface area contributed by atoms with Gasteiger partial charge < -0.3 is 11.5 Å². The van der Waals surface area contributed by atoms with E-state index in [-0.39, 0.29) is 5.96 Å². The first-order chi connectivity index (χ1) is 8.06. The van der Waals surface area contributed by atoms with Gasteiger partial charge in [0, 0.05) is 0 Å². The second-order valence-electron chi connectivity index (χ2n) is 3.30. The average Bonchev–Trinajstić information content (AvgIpc) is 2.28. The standard InChI is InChI=1S/C11H13N5O/c1-2-8-5-7(6-12)3-4-9(8)15-10(13)16-11(14)17/h3-5H,2H2,1H3,(H5,13,14,15,16,17). The highest BCUT2D eigenvalue weighted by atomic mass is 16.2. The lowest BCUT2D eigenvalue weighted by atomic mass is 10.1. The highest BCUT2D eigenvalue weighted by Gasteiger charge is 2.03. The number of urea groups is 1. The quantitative estimate of drug-likeness (QED) is 0.514. The smallest absolute Gasteiger partial charge is 0.318 e. The molecule has 0 bridgehead atoms. The van der Waals surface area contributed by atoms with E-state index in [1.165, 1.54) is 0 Å². The van der Waals surface area contributed by atoms with Gasteiger partial charge in [0.1, 0.15) is 0 Å². The molecule has 0 aliphatic heterocycles. The van der Waals surface area contributed by atoms with Crippen LogP contribution < -0.4 is 16.8 Å². The Labute approximate surface area is 98.9 Å². The monoisotopic (exact) mass is 231 g/mol. The summed E-state index contributed by atoms with van der Waals surface area (Å²) in [6.45, 7) is 1.94. The molecule has 0 aliphatic carbocycles. The van der Waals surface area contributed by atoms with E-state index in [4.69, 9.17) is 16.7 Å². The van der Waals surface area contributed by atoms with E-state index < -0.39 is 6.03 Å². The molecule has 6 heteroatoms. The highest BCUT2D eigenvalue weighted by molar-refractivity contribution is 5.95. The summed E-state index contributed by atoms with van der Waals surface area (Å²) in [4.78, 5) is 14.6. The number of guanidine groups is 1. The van der Waals surface area contributed by atoms with Crippen LogP contribution in [0.1, 0.15) is 18.1 Å². The Morgan fingerprint density at radius 3 is 2.76 bits per heavy atom. The number of nitrogens with zero attached hydrogens (tertiary/aromatic N) is 2. The third kappa shape index (κ3) is 3.50. The van der Waals surface area contributed by atoms with Crippen LogP contribution in [0, 0.1) is 11.3 Å². The van der Waals surface area contributed by atoms with Crippen LogP contribution >= 0.6 is 0 Å². The summed E-state index contributed by atoms with van der Waals surface area (Å²) in [7, 11) is 0. The molecule has 0 radical (unpaired) electrons.